The zero-order chi connectivity index (χ0) is 11.6. The van der Waals surface area contributed by atoms with Gasteiger partial charge in [0.05, 0.1) is 6.42 Å². The molecule has 1 aromatic heterocycles. The van der Waals surface area contributed by atoms with Gasteiger partial charge in [-0.25, -0.2) is 13.8 Å². The van der Waals surface area contributed by atoms with E-state index in [0.717, 1.165) is 6.07 Å². The third-order valence-corrected chi connectivity index (χ3v) is 2.95. The van der Waals surface area contributed by atoms with Crippen LogP contribution in [-0.2, 0) is 11.2 Å². The Morgan fingerprint density at radius 2 is 2.13 bits per heavy atom. The van der Waals surface area contributed by atoms with Crippen molar-refractivity contribution in [1.82, 2.24) is 4.98 Å². The molecule has 0 unspecified atom stereocenters. The van der Waals surface area contributed by atoms with Crippen molar-refractivity contribution in [3.63, 3.8) is 0 Å². The fourth-order valence-corrected chi connectivity index (χ4v) is 2.34. The zero-order valence-corrected chi connectivity index (χ0v) is 10.3. The van der Waals surface area contributed by atoms with Crippen LogP contribution in [0.25, 0.3) is 0 Å². The van der Waals surface area contributed by atoms with E-state index in [4.69, 9.17) is 5.11 Å². The van der Waals surface area contributed by atoms with Gasteiger partial charge in [-0.15, -0.1) is 0 Å². The van der Waals surface area contributed by atoms with Gasteiger partial charge in [0, 0.05) is 10.0 Å². The van der Waals surface area contributed by atoms with E-state index >= 15 is 0 Å². The van der Waals surface area contributed by atoms with Crippen molar-refractivity contribution < 1.29 is 18.7 Å². The van der Waals surface area contributed by atoms with Gasteiger partial charge in [0.1, 0.15) is 10.3 Å². The second-order valence-electron chi connectivity index (χ2n) is 2.67. The minimum atomic E-state index is -2.68. The van der Waals surface area contributed by atoms with E-state index in [2.05, 4.69) is 36.8 Å². The third kappa shape index (κ3) is 3.20. The second kappa shape index (κ2) is 4.98. The van der Waals surface area contributed by atoms with E-state index in [1.807, 2.05) is 0 Å². The maximum Gasteiger partial charge on any atom is 0.307 e. The predicted molar refractivity (Wildman–Crippen MR) is 55.9 cm³/mol. The SMILES string of the molecule is O=C(O)Cc1c(Br)cc(C(F)F)nc1Br. The van der Waals surface area contributed by atoms with Gasteiger partial charge in [0.25, 0.3) is 6.43 Å². The summed E-state index contributed by atoms with van der Waals surface area (Å²) >= 11 is 5.99. The van der Waals surface area contributed by atoms with Gasteiger partial charge in [-0.1, -0.05) is 15.9 Å². The topological polar surface area (TPSA) is 50.2 Å². The number of aliphatic carboxylic acids is 1. The summed E-state index contributed by atoms with van der Waals surface area (Å²) in [6.45, 7) is 0. The monoisotopic (exact) mass is 343 g/mol. The summed E-state index contributed by atoms with van der Waals surface area (Å²) in [5.74, 6) is -1.05. The van der Waals surface area contributed by atoms with Crippen LogP contribution in [0.3, 0.4) is 0 Å². The lowest BCUT2D eigenvalue weighted by atomic mass is 10.2. The molecule has 7 heteroatoms. The molecule has 0 bridgehead atoms. The van der Waals surface area contributed by atoms with Crippen LogP contribution in [0.1, 0.15) is 17.7 Å². The predicted octanol–water partition coefficient (Wildman–Crippen LogP) is 3.17. The molecule has 1 rings (SSSR count). The summed E-state index contributed by atoms with van der Waals surface area (Å²) in [7, 11) is 0. The van der Waals surface area contributed by atoms with E-state index in [1.165, 1.54) is 0 Å². The van der Waals surface area contributed by atoms with Crippen LogP contribution in [-0.4, -0.2) is 16.1 Å². The van der Waals surface area contributed by atoms with E-state index < -0.39 is 18.1 Å². The van der Waals surface area contributed by atoms with Crippen LogP contribution >= 0.6 is 31.9 Å². The molecule has 0 radical (unpaired) electrons. The molecule has 1 N–H and O–H groups in total. The molecule has 0 aliphatic heterocycles. The highest BCUT2D eigenvalue weighted by Gasteiger charge is 2.16. The maximum atomic E-state index is 12.3. The summed E-state index contributed by atoms with van der Waals surface area (Å²) in [5, 5.41) is 8.58. The van der Waals surface area contributed by atoms with Gasteiger partial charge in [-0.05, 0) is 22.0 Å². The van der Waals surface area contributed by atoms with Crippen LogP contribution < -0.4 is 0 Å². The molecule has 0 spiro atoms. The van der Waals surface area contributed by atoms with Gasteiger partial charge in [0.2, 0.25) is 0 Å². The first-order valence-corrected chi connectivity index (χ1v) is 5.35. The van der Waals surface area contributed by atoms with E-state index in [0.29, 0.717) is 10.0 Å². The fourth-order valence-electron chi connectivity index (χ4n) is 0.949. The number of carbonyl (C=O) groups is 1. The van der Waals surface area contributed by atoms with Crippen molar-refractivity contribution in [3.05, 3.63) is 26.4 Å². The minimum Gasteiger partial charge on any atom is -0.481 e. The van der Waals surface area contributed by atoms with E-state index in [1.54, 1.807) is 0 Å². The molecule has 1 aromatic rings. The van der Waals surface area contributed by atoms with Crippen LogP contribution in [0.5, 0.6) is 0 Å². The average molecular weight is 345 g/mol. The van der Waals surface area contributed by atoms with Gasteiger partial charge in [-0.3, -0.25) is 4.79 Å². The molecule has 1 heterocycles. The van der Waals surface area contributed by atoms with Gasteiger partial charge < -0.3 is 5.11 Å². The number of carboxylic acid groups (broad SMARTS) is 1. The molecular weight excluding hydrogens is 340 g/mol. The Morgan fingerprint density at radius 1 is 1.53 bits per heavy atom. The molecule has 0 fully saturated rings. The molecular formula is C8H5Br2F2NO2. The molecule has 82 valence electrons. The fraction of sp³-hybridized carbons (Fsp3) is 0.250. The van der Waals surface area contributed by atoms with Crippen molar-refractivity contribution in [2.75, 3.05) is 0 Å². The first-order valence-electron chi connectivity index (χ1n) is 3.76. The number of carboxylic acids is 1. The third-order valence-electron chi connectivity index (χ3n) is 1.59. The standard InChI is InChI=1S/C8H5Br2F2NO2/c9-4-2-5(8(11)12)13-7(10)3(4)1-6(14)15/h2,8H,1H2,(H,14,15). The van der Waals surface area contributed by atoms with Crippen LogP contribution in [0.15, 0.2) is 15.1 Å². The Morgan fingerprint density at radius 3 is 2.53 bits per heavy atom. The summed E-state index contributed by atoms with van der Waals surface area (Å²) < 4.78 is 25.0. The number of hydrogen-bond acceptors (Lipinski definition) is 2. The average Bonchev–Trinajstić information content (AvgIpc) is 2.10. The lowest BCUT2D eigenvalue weighted by Gasteiger charge is -2.07. The normalized spacial score (nSPS) is 10.7. The minimum absolute atomic E-state index is 0.120. The van der Waals surface area contributed by atoms with Crippen molar-refractivity contribution >= 4 is 37.8 Å². The second-order valence-corrected chi connectivity index (χ2v) is 4.27. The van der Waals surface area contributed by atoms with Gasteiger partial charge in [-0.2, -0.15) is 0 Å². The molecule has 0 aliphatic carbocycles. The molecule has 0 amide bonds. The number of hydrogen-bond donors (Lipinski definition) is 1. The zero-order valence-electron chi connectivity index (χ0n) is 7.18. The van der Waals surface area contributed by atoms with Crippen molar-refractivity contribution in [1.29, 1.82) is 0 Å². The highest BCUT2D eigenvalue weighted by Crippen LogP contribution is 2.29. The lowest BCUT2D eigenvalue weighted by Crippen LogP contribution is -2.04. The molecule has 0 aliphatic rings. The Kier molecular flexibility index (Phi) is 4.15. The number of alkyl halides is 2. The Bertz CT molecular complexity index is 375. The summed E-state index contributed by atoms with van der Waals surface area (Å²) in [6, 6.07) is 1.12. The van der Waals surface area contributed by atoms with E-state index in [9.17, 15) is 13.6 Å². The molecule has 0 saturated carbocycles. The highest BCUT2D eigenvalue weighted by atomic mass is 79.9. The van der Waals surface area contributed by atoms with Crippen molar-refractivity contribution in [2.45, 2.75) is 12.8 Å². The summed E-state index contributed by atoms with van der Waals surface area (Å²) in [6.07, 6.45) is -2.96. The number of pyridine rings is 1. The van der Waals surface area contributed by atoms with Crippen molar-refractivity contribution in [2.24, 2.45) is 0 Å². The highest BCUT2D eigenvalue weighted by molar-refractivity contribution is 9.11. The Hall–Kier alpha value is -0.560. The van der Waals surface area contributed by atoms with Crippen LogP contribution in [0, 0.1) is 0 Å². The number of halogens is 4. The van der Waals surface area contributed by atoms with Crippen LogP contribution in [0.2, 0.25) is 0 Å². The quantitative estimate of drug-likeness (QED) is 0.857. The Labute approximate surface area is 101 Å². The largest absolute Gasteiger partial charge is 0.481 e. The van der Waals surface area contributed by atoms with E-state index in [-0.39, 0.29) is 11.0 Å². The molecule has 0 saturated heterocycles. The molecule has 15 heavy (non-hydrogen) atoms. The molecule has 3 nitrogen and oxygen atoms in total. The number of rotatable bonds is 3. The summed E-state index contributed by atoms with van der Waals surface area (Å²) in [4.78, 5) is 14.0. The maximum absolute atomic E-state index is 12.3. The first kappa shape index (κ1) is 12.5. The number of nitrogens with zero attached hydrogens (tertiary/aromatic N) is 1. The van der Waals surface area contributed by atoms with Gasteiger partial charge in [0.15, 0.2) is 0 Å². The first-order chi connectivity index (χ1) is 6.91. The number of aromatic nitrogens is 1. The lowest BCUT2D eigenvalue weighted by molar-refractivity contribution is -0.136. The molecule has 0 aromatic carbocycles. The molecule has 0 atom stereocenters. The smallest absolute Gasteiger partial charge is 0.307 e. The Balaban J connectivity index is 3.15. The summed E-state index contributed by atoms with van der Waals surface area (Å²) in [5.41, 5.74) is -0.0604. The van der Waals surface area contributed by atoms with Gasteiger partial charge >= 0.3 is 5.97 Å². The van der Waals surface area contributed by atoms with Crippen LogP contribution in [0.4, 0.5) is 8.78 Å². The van der Waals surface area contributed by atoms with Crippen molar-refractivity contribution in [3.8, 4) is 0 Å².